The topological polar surface area (TPSA) is 49.4 Å². The van der Waals surface area contributed by atoms with Crippen molar-refractivity contribution >= 4 is 9.84 Å². The van der Waals surface area contributed by atoms with Gasteiger partial charge in [0.05, 0.1) is 11.5 Å². The minimum absolute atomic E-state index is 0.202. The molecule has 0 spiro atoms. The van der Waals surface area contributed by atoms with Gasteiger partial charge in [-0.05, 0) is 33.2 Å². The minimum atomic E-state index is -2.78. The van der Waals surface area contributed by atoms with E-state index in [2.05, 4.69) is 31.0 Å². The Bertz CT molecular complexity index is 339. The first-order valence-electron chi connectivity index (χ1n) is 7.05. The Kier molecular flexibility index (Phi) is 6.08. The predicted octanol–water partition coefficient (Wildman–Crippen LogP) is 1.27. The van der Waals surface area contributed by atoms with Gasteiger partial charge in [0, 0.05) is 24.7 Å². The molecule has 4 nitrogen and oxygen atoms in total. The Labute approximate surface area is 112 Å². The second-order valence-electron chi connectivity index (χ2n) is 5.49. The van der Waals surface area contributed by atoms with E-state index >= 15 is 0 Å². The first kappa shape index (κ1) is 15.9. The summed E-state index contributed by atoms with van der Waals surface area (Å²) in [7, 11) is -0.730. The molecular weight excluding hydrogens is 248 g/mol. The Balaban J connectivity index is 2.40. The molecule has 0 aliphatic carbocycles. The van der Waals surface area contributed by atoms with Crippen molar-refractivity contribution in [1.29, 1.82) is 0 Å². The van der Waals surface area contributed by atoms with E-state index in [0.717, 1.165) is 25.8 Å². The summed E-state index contributed by atoms with van der Waals surface area (Å²) in [6.45, 7) is 7.48. The zero-order valence-corrected chi connectivity index (χ0v) is 13.0. The van der Waals surface area contributed by atoms with Crippen molar-refractivity contribution in [3.05, 3.63) is 0 Å². The van der Waals surface area contributed by atoms with Gasteiger partial charge in [-0.15, -0.1) is 0 Å². The highest BCUT2D eigenvalue weighted by molar-refractivity contribution is 7.91. The van der Waals surface area contributed by atoms with Crippen LogP contribution in [-0.4, -0.2) is 56.5 Å². The monoisotopic (exact) mass is 276 g/mol. The lowest BCUT2D eigenvalue weighted by molar-refractivity contribution is 0.191. The van der Waals surface area contributed by atoms with Crippen molar-refractivity contribution in [2.75, 3.05) is 25.1 Å². The van der Waals surface area contributed by atoms with Crippen LogP contribution < -0.4 is 5.32 Å². The molecule has 2 unspecified atom stereocenters. The van der Waals surface area contributed by atoms with Crippen molar-refractivity contribution in [3.63, 3.8) is 0 Å². The number of rotatable bonds is 7. The largest absolute Gasteiger partial charge is 0.312 e. The Morgan fingerprint density at radius 3 is 2.39 bits per heavy atom. The summed E-state index contributed by atoms with van der Waals surface area (Å²) in [5.41, 5.74) is 0. The van der Waals surface area contributed by atoms with Crippen molar-refractivity contribution < 1.29 is 8.42 Å². The molecule has 0 aromatic heterocycles. The maximum atomic E-state index is 11.5. The van der Waals surface area contributed by atoms with Crippen LogP contribution in [0.15, 0.2) is 0 Å². The third-order valence-corrected chi connectivity index (χ3v) is 5.92. The highest BCUT2D eigenvalue weighted by Crippen LogP contribution is 2.18. The zero-order valence-electron chi connectivity index (χ0n) is 12.1. The SMILES string of the molecule is CCC(CC)NCC(C)N(C)C1CCS(=O)(=O)C1. The standard InChI is InChI=1S/C13H28N2O2S/c1-5-12(6-2)14-9-11(3)15(4)13-7-8-18(16,17)10-13/h11-14H,5-10H2,1-4H3. The molecule has 1 fully saturated rings. The van der Waals surface area contributed by atoms with Crippen LogP contribution in [0.2, 0.25) is 0 Å². The van der Waals surface area contributed by atoms with E-state index in [1.54, 1.807) is 0 Å². The normalized spacial score (nSPS) is 24.9. The maximum Gasteiger partial charge on any atom is 0.151 e. The van der Waals surface area contributed by atoms with Crippen molar-refractivity contribution in [2.45, 2.75) is 58.2 Å². The molecule has 0 aromatic rings. The summed E-state index contributed by atoms with van der Waals surface area (Å²) < 4.78 is 23.0. The molecule has 0 aromatic carbocycles. The summed E-state index contributed by atoms with van der Waals surface area (Å²) in [6, 6.07) is 1.16. The summed E-state index contributed by atoms with van der Waals surface area (Å²) >= 11 is 0. The number of hydrogen-bond donors (Lipinski definition) is 1. The molecule has 0 saturated carbocycles. The molecule has 0 amide bonds. The van der Waals surface area contributed by atoms with Gasteiger partial charge in [-0.3, -0.25) is 4.90 Å². The quantitative estimate of drug-likeness (QED) is 0.761. The van der Waals surface area contributed by atoms with Gasteiger partial charge in [0.1, 0.15) is 0 Å². The second-order valence-corrected chi connectivity index (χ2v) is 7.72. The average molecular weight is 276 g/mol. The van der Waals surface area contributed by atoms with Crippen molar-refractivity contribution in [2.24, 2.45) is 0 Å². The fourth-order valence-corrected chi connectivity index (χ4v) is 4.30. The van der Waals surface area contributed by atoms with E-state index in [9.17, 15) is 8.42 Å². The lowest BCUT2D eigenvalue weighted by atomic mass is 10.1. The highest BCUT2D eigenvalue weighted by Gasteiger charge is 2.32. The average Bonchev–Trinajstić information content (AvgIpc) is 2.69. The van der Waals surface area contributed by atoms with Crippen LogP contribution in [0.3, 0.4) is 0 Å². The number of nitrogens with zero attached hydrogens (tertiary/aromatic N) is 1. The Hall–Kier alpha value is -0.130. The Morgan fingerprint density at radius 2 is 1.94 bits per heavy atom. The summed E-state index contributed by atoms with van der Waals surface area (Å²) in [5.74, 6) is 0.688. The molecule has 0 radical (unpaired) electrons. The second kappa shape index (κ2) is 6.87. The molecule has 1 rings (SSSR count). The van der Waals surface area contributed by atoms with E-state index in [0.29, 0.717) is 23.6 Å². The van der Waals surface area contributed by atoms with Gasteiger partial charge in [-0.1, -0.05) is 13.8 Å². The molecule has 2 atom stereocenters. The number of likely N-dealkylation sites (N-methyl/N-ethyl adjacent to an activating group) is 1. The van der Waals surface area contributed by atoms with Gasteiger partial charge in [0.25, 0.3) is 0 Å². The summed E-state index contributed by atoms with van der Waals surface area (Å²) in [6.07, 6.45) is 3.07. The lowest BCUT2D eigenvalue weighted by Crippen LogP contribution is -2.46. The van der Waals surface area contributed by atoms with Crippen LogP contribution in [0.4, 0.5) is 0 Å². The van der Waals surface area contributed by atoms with Crippen LogP contribution >= 0.6 is 0 Å². The van der Waals surface area contributed by atoms with Gasteiger partial charge in [-0.25, -0.2) is 8.42 Å². The Morgan fingerprint density at radius 1 is 1.33 bits per heavy atom. The van der Waals surface area contributed by atoms with Crippen molar-refractivity contribution in [1.82, 2.24) is 10.2 Å². The van der Waals surface area contributed by atoms with E-state index in [1.165, 1.54) is 0 Å². The van der Waals surface area contributed by atoms with Crippen molar-refractivity contribution in [3.8, 4) is 0 Å². The van der Waals surface area contributed by atoms with Crippen LogP contribution in [0.5, 0.6) is 0 Å². The smallest absolute Gasteiger partial charge is 0.151 e. The molecular formula is C13H28N2O2S. The number of sulfone groups is 1. The molecule has 0 bridgehead atoms. The first-order chi connectivity index (χ1) is 8.39. The van der Waals surface area contributed by atoms with Crippen LogP contribution in [0.1, 0.15) is 40.0 Å². The van der Waals surface area contributed by atoms with Gasteiger partial charge in [0.15, 0.2) is 9.84 Å². The van der Waals surface area contributed by atoms with Gasteiger partial charge in [-0.2, -0.15) is 0 Å². The fraction of sp³-hybridized carbons (Fsp3) is 1.00. The number of hydrogen-bond acceptors (Lipinski definition) is 4. The molecule has 1 saturated heterocycles. The van der Waals surface area contributed by atoms with Gasteiger partial charge in [0.2, 0.25) is 0 Å². The molecule has 5 heteroatoms. The molecule has 1 N–H and O–H groups in total. The third-order valence-electron chi connectivity index (χ3n) is 4.17. The van der Waals surface area contributed by atoms with E-state index in [1.807, 2.05) is 7.05 Å². The molecule has 108 valence electrons. The lowest BCUT2D eigenvalue weighted by Gasteiger charge is -2.31. The van der Waals surface area contributed by atoms with E-state index in [4.69, 9.17) is 0 Å². The third kappa shape index (κ3) is 4.52. The predicted molar refractivity (Wildman–Crippen MR) is 76.7 cm³/mol. The van der Waals surface area contributed by atoms with Crippen LogP contribution in [-0.2, 0) is 9.84 Å². The molecule has 1 aliphatic heterocycles. The molecule has 18 heavy (non-hydrogen) atoms. The minimum Gasteiger partial charge on any atom is -0.312 e. The summed E-state index contributed by atoms with van der Waals surface area (Å²) in [4.78, 5) is 2.22. The zero-order chi connectivity index (χ0) is 13.8. The summed E-state index contributed by atoms with van der Waals surface area (Å²) in [5, 5.41) is 3.55. The maximum absolute atomic E-state index is 11.5. The van der Waals surface area contributed by atoms with E-state index < -0.39 is 9.84 Å². The molecule has 1 heterocycles. The fourth-order valence-electron chi connectivity index (χ4n) is 2.52. The van der Waals surface area contributed by atoms with Crippen LogP contribution in [0.25, 0.3) is 0 Å². The number of nitrogens with one attached hydrogen (secondary N) is 1. The van der Waals surface area contributed by atoms with Crippen LogP contribution in [0, 0.1) is 0 Å². The molecule has 1 aliphatic rings. The van der Waals surface area contributed by atoms with E-state index in [-0.39, 0.29) is 6.04 Å². The van der Waals surface area contributed by atoms with Gasteiger partial charge < -0.3 is 5.32 Å². The first-order valence-corrected chi connectivity index (χ1v) is 8.87. The van der Waals surface area contributed by atoms with Gasteiger partial charge >= 0.3 is 0 Å². The highest BCUT2D eigenvalue weighted by atomic mass is 32.2.